The minimum absolute atomic E-state index is 0.00000283. The summed E-state index contributed by atoms with van der Waals surface area (Å²) in [6, 6.07) is 9.26. The number of ether oxygens (including phenoxy) is 1. The molecule has 0 aliphatic heterocycles. The molecule has 0 spiro atoms. The number of carbonyl (C=O) groups is 1. The van der Waals surface area contributed by atoms with E-state index in [2.05, 4.69) is 9.84 Å². The first-order valence-corrected chi connectivity index (χ1v) is 7.86. The lowest BCUT2D eigenvalue weighted by atomic mass is 10.1. The van der Waals surface area contributed by atoms with Crippen molar-refractivity contribution in [1.82, 2.24) is 9.78 Å². The van der Waals surface area contributed by atoms with Gasteiger partial charge in [0, 0.05) is 11.3 Å². The van der Waals surface area contributed by atoms with E-state index < -0.39 is 18.8 Å². The Labute approximate surface area is 137 Å². The lowest BCUT2D eigenvalue weighted by Crippen LogP contribution is -2.21. The predicted molar refractivity (Wildman–Crippen MR) is 81.2 cm³/mol. The molecule has 1 aromatic carbocycles. The van der Waals surface area contributed by atoms with Gasteiger partial charge in [-0.15, -0.1) is 0 Å². The van der Waals surface area contributed by atoms with E-state index in [9.17, 15) is 18.0 Å². The number of rotatable bonds is 3. The minimum Gasteiger partial charge on any atom is -0.451 e. The number of benzene rings is 1. The summed E-state index contributed by atoms with van der Waals surface area (Å²) in [6.07, 6.45) is -0.326. The molecule has 0 amide bonds. The fourth-order valence-electron chi connectivity index (χ4n) is 2.94. The summed E-state index contributed by atoms with van der Waals surface area (Å²) >= 11 is 0. The van der Waals surface area contributed by atoms with Crippen LogP contribution < -0.4 is 0 Å². The average Bonchev–Trinajstić information content (AvgIpc) is 2.74. The van der Waals surface area contributed by atoms with Crippen LogP contribution in [0.5, 0.6) is 0 Å². The Bertz CT molecular complexity index is 723. The highest BCUT2D eigenvalue weighted by atomic mass is 19.4. The first-order chi connectivity index (χ1) is 11.5. The summed E-state index contributed by atoms with van der Waals surface area (Å²) in [5.74, 6) is -1.01. The van der Waals surface area contributed by atoms with Crippen LogP contribution in [0.4, 0.5) is 13.2 Å². The van der Waals surface area contributed by atoms with Crippen molar-refractivity contribution in [3.8, 4) is 5.69 Å². The number of nitrogens with zero attached hydrogens (tertiary/aromatic N) is 2. The third-order valence-corrected chi connectivity index (χ3v) is 3.99. The van der Waals surface area contributed by atoms with Gasteiger partial charge in [0.1, 0.15) is 0 Å². The normalized spacial score (nSPS) is 14.8. The molecule has 0 atom stereocenters. The van der Waals surface area contributed by atoms with Crippen LogP contribution in [-0.2, 0) is 17.6 Å². The maximum absolute atomic E-state index is 12.3. The number of esters is 1. The number of alkyl halides is 3. The van der Waals surface area contributed by atoms with Crippen molar-refractivity contribution in [2.24, 2.45) is 0 Å². The van der Waals surface area contributed by atoms with Crippen LogP contribution in [0.3, 0.4) is 0 Å². The van der Waals surface area contributed by atoms with Crippen LogP contribution >= 0.6 is 0 Å². The highest BCUT2D eigenvalue weighted by Gasteiger charge is 2.32. The second-order valence-electron chi connectivity index (χ2n) is 5.77. The van der Waals surface area contributed by atoms with E-state index in [4.69, 9.17) is 0 Å². The van der Waals surface area contributed by atoms with E-state index >= 15 is 0 Å². The topological polar surface area (TPSA) is 44.1 Å². The molecular weight excluding hydrogens is 321 g/mol. The van der Waals surface area contributed by atoms with Crippen LogP contribution in [0.15, 0.2) is 30.3 Å². The predicted octanol–water partition coefficient (Wildman–Crippen LogP) is 3.86. The maximum Gasteiger partial charge on any atom is 0.422 e. The number of carbonyl (C=O) groups excluding carboxylic acids is 1. The molecule has 1 heterocycles. The summed E-state index contributed by atoms with van der Waals surface area (Å²) < 4.78 is 43.0. The maximum atomic E-state index is 12.3. The van der Waals surface area contributed by atoms with Crippen molar-refractivity contribution >= 4 is 5.97 Å². The van der Waals surface area contributed by atoms with Gasteiger partial charge in [0.15, 0.2) is 12.3 Å². The van der Waals surface area contributed by atoms with Crippen molar-refractivity contribution in [3.05, 3.63) is 47.3 Å². The lowest BCUT2D eigenvalue weighted by molar-refractivity contribution is -0.161. The van der Waals surface area contributed by atoms with Gasteiger partial charge in [-0.1, -0.05) is 24.6 Å². The number of aromatic nitrogens is 2. The zero-order valence-corrected chi connectivity index (χ0v) is 13.0. The fourth-order valence-corrected chi connectivity index (χ4v) is 2.94. The Balaban J connectivity index is 1.97. The van der Waals surface area contributed by atoms with Crippen LogP contribution in [0.25, 0.3) is 5.69 Å². The SMILES string of the molecule is O=C(OCC(F)(F)F)c1nn(-c2ccccc2)c2c1CCCCC2. The highest BCUT2D eigenvalue weighted by Crippen LogP contribution is 2.27. The first-order valence-electron chi connectivity index (χ1n) is 7.86. The molecule has 3 rings (SSSR count). The molecular formula is C17H17F3N2O2. The van der Waals surface area contributed by atoms with Gasteiger partial charge in [-0.3, -0.25) is 0 Å². The van der Waals surface area contributed by atoms with E-state index in [1.165, 1.54) is 0 Å². The zero-order chi connectivity index (χ0) is 17.2. The Morgan fingerprint density at radius 2 is 1.83 bits per heavy atom. The van der Waals surface area contributed by atoms with E-state index in [1.54, 1.807) is 4.68 Å². The second-order valence-corrected chi connectivity index (χ2v) is 5.77. The molecule has 4 nitrogen and oxygen atoms in total. The van der Waals surface area contributed by atoms with Crippen LogP contribution in [0.2, 0.25) is 0 Å². The standard InChI is InChI=1S/C17H17F3N2O2/c18-17(19,20)11-24-16(23)15-13-9-5-2-6-10-14(13)22(21-15)12-7-3-1-4-8-12/h1,3-4,7-8H,2,5-6,9-11H2. The largest absolute Gasteiger partial charge is 0.451 e. The van der Waals surface area contributed by atoms with Gasteiger partial charge in [0.05, 0.1) is 5.69 Å². The summed E-state index contributed by atoms with van der Waals surface area (Å²) in [6.45, 7) is -1.60. The highest BCUT2D eigenvalue weighted by molar-refractivity contribution is 5.89. The minimum atomic E-state index is -4.55. The number of para-hydroxylation sites is 1. The summed E-state index contributed by atoms with van der Waals surface area (Å²) in [5, 5.41) is 4.28. The third-order valence-electron chi connectivity index (χ3n) is 3.99. The van der Waals surface area contributed by atoms with Crippen LogP contribution in [0, 0.1) is 0 Å². The molecule has 0 fully saturated rings. The molecule has 128 valence electrons. The van der Waals surface area contributed by atoms with E-state index in [1.807, 2.05) is 30.3 Å². The van der Waals surface area contributed by atoms with Gasteiger partial charge in [0.2, 0.25) is 0 Å². The molecule has 0 saturated heterocycles. The molecule has 24 heavy (non-hydrogen) atoms. The number of hydrogen-bond acceptors (Lipinski definition) is 3. The molecule has 1 aromatic heterocycles. The molecule has 1 aliphatic rings. The Morgan fingerprint density at radius 1 is 1.12 bits per heavy atom. The van der Waals surface area contributed by atoms with Gasteiger partial charge < -0.3 is 4.74 Å². The zero-order valence-electron chi connectivity index (χ0n) is 13.0. The summed E-state index contributed by atoms with van der Waals surface area (Å²) in [7, 11) is 0. The van der Waals surface area contributed by atoms with Crippen molar-refractivity contribution in [3.63, 3.8) is 0 Å². The smallest absolute Gasteiger partial charge is 0.422 e. The van der Waals surface area contributed by atoms with Crippen molar-refractivity contribution in [2.45, 2.75) is 38.3 Å². The molecule has 2 aromatic rings. The van der Waals surface area contributed by atoms with Crippen LogP contribution in [0.1, 0.15) is 41.0 Å². The molecule has 0 N–H and O–H groups in total. The summed E-state index contributed by atoms with van der Waals surface area (Å²) in [4.78, 5) is 12.1. The molecule has 7 heteroatoms. The van der Waals surface area contributed by atoms with Crippen molar-refractivity contribution in [2.75, 3.05) is 6.61 Å². The number of fused-ring (bicyclic) bond motifs is 1. The van der Waals surface area contributed by atoms with E-state index in [0.717, 1.165) is 37.1 Å². The fraction of sp³-hybridized carbons (Fsp3) is 0.412. The molecule has 0 radical (unpaired) electrons. The molecule has 0 bridgehead atoms. The van der Waals surface area contributed by atoms with Gasteiger partial charge in [-0.25, -0.2) is 9.48 Å². The van der Waals surface area contributed by atoms with Gasteiger partial charge in [-0.2, -0.15) is 18.3 Å². The van der Waals surface area contributed by atoms with E-state index in [-0.39, 0.29) is 5.69 Å². The van der Waals surface area contributed by atoms with Crippen molar-refractivity contribution in [1.29, 1.82) is 0 Å². The quantitative estimate of drug-likeness (QED) is 0.630. The Kier molecular flexibility index (Phi) is 4.59. The van der Waals surface area contributed by atoms with Gasteiger partial charge >= 0.3 is 12.1 Å². The molecule has 0 saturated carbocycles. The third kappa shape index (κ3) is 3.60. The molecule has 0 unspecified atom stereocenters. The van der Waals surface area contributed by atoms with Crippen molar-refractivity contribution < 1.29 is 22.7 Å². The number of hydrogen-bond donors (Lipinski definition) is 0. The monoisotopic (exact) mass is 338 g/mol. The van der Waals surface area contributed by atoms with Gasteiger partial charge in [0.25, 0.3) is 0 Å². The molecule has 1 aliphatic carbocycles. The Morgan fingerprint density at radius 3 is 2.54 bits per heavy atom. The average molecular weight is 338 g/mol. The Hall–Kier alpha value is -2.31. The second kappa shape index (κ2) is 6.67. The van der Waals surface area contributed by atoms with E-state index in [0.29, 0.717) is 12.0 Å². The van der Waals surface area contributed by atoms with Crippen LogP contribution in [-0.4, -0.2) is 28.5 Å². The summed E-state index contributed by atoms with van der Waals surface area (Å²) in [5.41, 5.74) is 2.38. The number of halogens is 3. The first kappa shape index (κ1) is 16.5. The lowest BCUT2D eigenvalue weighted by Gasteiger charge is -2.07. The van der Waals surface area contributed by atoms with Gasteiger partial charge in [-0.05, 0) is 37.8 Å².